The summed E-state index contributed by atoms with van der Waals surface area (Å²) >= 11 is 3.16. The van der Waals surface area contributed by atoms with Crippen LogP contribution >= 0.6 is 15.9 Å². The Morgan fingerprint density at radius 3 is 2.63 bits per heavy atom. The number of rotatable bonds is 3. The first kappa shape index (κ1) is 12.9. The highest BCUT2D eigenvalue weighted by atomic mass is 79.9. The van der Waals surface area contributed by atoms with Gasteiger partial charge in [-0.2, -0.15) is 5.26 Å². The van der Waals surface area contributed by atoms with Gasteiger partial charge < -0.3 is 4.74 Å². The van der Waals surface area contributed by atoms with Crippen LogP contribution in [0.15, 0.2) is 35.1 Å². The number of nitriles is 1. The molecular weight excluding hydrogens is 316 g/mol. The summed E-state index contributed by atoms with van der Waals surface area (Å²) in [6.45, 7) is 0. The van der Waals surface area contributed by atoms with Crippen LogP contribution in [0.3, 0.4) is 0 Å². The molecule has 1 aromatic carbocycles. The fourth-order valence-electron chi connectivity index (χ4n) is 1.27. The normalized spacial score (nSPS) is 9.68. The molecule has 0 unspecified atom stereocenters. The molecule has 2 aromatic rings. The van der Waals surface area contributed by atoms with Gasteiger partial charge in [0.25, 0.3) is 0 Å². The molecule has 0 radical (unpaired) electrons. The van der Waals surface area contributed by atoms with E-state index in [1.807, 2.05) is 6.07 Å². The van der Waals surface area contributed by atoms with E-state index in [0.717, 1.165) is 6.07 Å². The van der Waals surface area contributed by atoms with Crippen molar-refractivity contribution in [3.05, 3.63) is 50.7 Å². The zero-order valence-electron chi connectivity index (χ0n) is 9.28. The molecule has 1 heterocycles. The third-order valence-corrected chi connectivity index (χ3v) is 2.49. The molecule has 0 aliphatic heterocycles. The Balaban J connectivity index is 2.37. The van der Waals surface area contributed by atoms with Crippen LogP contribution in [0.25, 0.3) is 0 Å². The molecule has 0 aliphatic rings. The van der Waals surface area contributed by atoms with Crippen LogP contribution in [0.1, 0.15) is 5.56 Å². The van der Waals surface area contributed by atoms with Crippen LogP contribution in [0.5, 0.6) is 11.8 Å². The number of nitrogens with zero attached hydrogens (tertiary/aromatic N) is 4. The molecule has 0 saturated carbocycles. The Morgan fingerprint density at radius 2 is 2.05 bits per heavy atom. The Kier molecular flexibility index (Phi) is 3.68. The van der Waals surface area contributed by atoms with Gasteiger partial charge in [-0.3, -0.25) is 10.1 Å². The van der Waals surface area contributed by atoms with Gasteiger partial charge in [-0.15, -0.1) is 0 Å². The predicted octanol–water partition coefficient (Wildman–Crippen LogP) is 2.81. The summed E-state index contributed by atoms with van der Waals surface area (Å²) in [6, 6.07) is 5.69. The highest BCUT2D eigenvalue weighted by molar-refractivity contribution is 9.10. The summed E-state index contributed by atoms with van der Waals surface area (Å²) in [4.78, 5) is 18.0. The minimum atomic E-state index is -0.630. The monoisotopic (exact) mass is 320 g/mol. The molecule has 0 fully saturated rings. The number of benzene rings is 1. The van der Waals surface area contributed by atoms with Gasteiger partial charge in [0.15, 0.2) is 0 Å². The fourth-order valence-corrected chi connectivity index (χ4v) is 1.47. The lowest BCUT2D eigenvalue weighted by Gasteiger charge is -2.04. The first-order valence-corrected chi connectivity index (χ1v) is 5.73. The van der Waals surface area contributed by atoms with Crippen molar-refractivity contribution in [1.82, 2.24) is 9.97 Å². The van der Waals surface area contributed by atoms with Crippen LogP contribution in [0.4, 0.5) is 5.69 Å². The molecule has 19 heavy (non-hydrogen) atoms. The second kappa shape index (κ2) is 5.41. The lowest BCUT2D eigenvalue weighted by atomic mass is 10.2. The van der Waals surface area contributed by atoms with E-state index in [-0.39, 0.29) is 23.0 Å². The standard InChI is InChI=1S/C11H5BrN4O3/c12-8-5-14-11(15-6-8)19-10-2-1-7(4-13)3-9(10)16(17)18/h1-3,5-6H. The maximum atomic E-state index is 10.9. The van der Waals surface area contributed by atoms with Crippen molar-refractivity contribution in [2.45, 2.75) is 0 Å². The van der Waals surface area contributed by atoms with Gasteiger partial charge >= 0.3 is 11.7 Å². The van der Waals surface area contributed by atoms with Crippen molar-refractivity contribution in [1.29, 1.82) is 5.26 Å². The smallest absolute Gasteiger partial charge is 0.322 e. The van der Waals surface area contributed by atoms with Gasteiger partial charge in [0.1, 0.15) is 0 Å². The Bertz CT molecular complexity index is 667. The first-order valence-electron chi connectivity index (χ1n) is 4.94. The second-order valence-corrected chi connectivity index (χ2v) is 4.25. The van der Waals surface area contributed by atoms with Crippen LogP contribution in [-0.2, 0) is 0 Å². The summed E-state index contributed by atoms with van der Waals surface area (Å²) in [5.41, 5.74) is -0.138. The number of nitro groups is 1. The molecule has 0 spiro atoms. The highest BCUT2D eigenvalue weighted by Gasteiger charge is 2.17. The minimum absolute atomic E-state index is 0.0176. The Hall–Kier alpha value is -2.53. The number of aromatic nitrogens is 2. The molecule has 0 atom stereocenters. The highest BCUT2D eigenvalue weighted by Crippen LogP contribution is 2.30. The van der Waals surface area contributed by atoms with E-state index >= 15 is 0 Å². The number of hydrogen-bond acceptors (Lipinski definition) is 6. The van der Waals surface area contributed by atoms with Crippen LogP contribution in [0.2, 0.25) is 0 Å². The zero-order valence-corrected chi connectivity index (χ0v) is 10.9. The predicted molar refractivity (Wildman–Crippen MR) is 67.6 cm³/mol. The summed E-state index contributed by atoms with van der Waals surface area (Å²) in [6.07, 6.45) is 2.91. The van der Waals surface area contributed by atoms with Gasteiger partial charge in [0.05, 0.1) is 21.0 Å². The maximum Gasteiger partial charge on any atom is 0.322 e. The number of halogens is 1. The number of ether oxygens (including phenoxy) is 1. The fraction of sp³-hybridized carbons (Fsp3) is 0. The second-order valence-electron chi connectivity index (χ2n) is 3.34. The van der Waals surface area contributed by atoms with E-state index in [0.29, 0.717) is 4.47 Å². The van der Waals surface area contributed by atoms with E-state index in [1.165, 1.54) is 24.5 Å². The third kappa shape index (κ3) is 3.02. The average molecular weight is 321 g/mol. The molecule has 0 bridgehead atoms. The van der Waals surface area contributed by atoms with Crippen molar-refractivity contribution in [2.24, 2.45) is 0 Å². The van der Waals surface area contributed by atoms with Gasteiger partial charge in [0.2, 0.25) is 5.75 Å². The summed E-state index contributed by atoms with van der Waals surface area (Å²) < 4.78 is 5.89. The summed E-state index contributed by atoms with van der Waals surface area (Å²) in [5, 5.41) is 19.6. The van der Waals surface area contributed by atoms with E-state index in [2.05, 4.69) is 25.9 Å². The van der Waals surface area contributed by atoms with Crippen LogP contribution in [-0.4, -0.2) is 14.9 Å². The Labute approximate surface area is 115 Å². The van der Waals surface area contributed by atoms with Crippen molar-refractivity contribution in [3.8, 4) is 17.8 Å². The van der Waals surface area contributed by atoms with Crippen LogP contribution in [0, 0.1) is 21.4 Å². The van der Waals surface area contributed by atoms with E-state index in [9.17, 15) is 10.1 Å². The van der Waals surface area contributed by atoms with Crippen LogP contribution < -0.4 is 4.74 Å². The average Bonchev–Trinajstić information content (AvgIpc) is 2.41. The molecule has 0 saturated heterocycles. The van der Waals surface area contributed by atoms with Crippen molar-refractivity contribution in [3.63, 3.8) is 0 Å². The molecule has 1 aromatic heterocycles. The minimum Gasteiger partial charge on any atom is -0.417 e. The van der Waals surface area contributed by atoms with E-state index in [1.54, 1.807) is 0 Å². The van der Waals surface area contributed by atoms with Gasteiger partial charge in [-0.25, -0.2) is 9.97 Å². The lowest BCUT2D eigenvalue weighted by Crippen LogP contribution is -1.96. The molecule has 8 heteroatoms. The maximum absolute atomic E-state index is 10.9. The first-order chi connectivity index (χ1) is 9.10. The quantitative estimate of drug-likeness (QED) is 0.636. The molecular formula is C11H5BrN4O3. The van der Waals surface area contributed by atoms with E-state index in [4.69, 9.17) is 10.00 Å². The molecule has 2 rings (SSSR count). The molecule has 7 nitrogen and oxygen atoms in total. The SMILES string of the molecule is N#Cc1ccc(Oc2ncc(Br)cn2)c([N+](=O)[O-])c1. The van der Waals surface area contributed by atoms with E-state index < -0.39 is 4.92 Å². The lowest BCUT2D eigenvalue weighted by molar-refractivity contribution is -0.385. The number of nitro benzene ring substituents is 1. The summed E-state index contributed by atoms with van der Waals surface area (Å²) in [5.74, 6) is -0.0219. The Morgan fingerprint density at radius 1 is 1.37 bits per heavy atom. The van der Waals surface area contributed by atoms with Crippen molar-refractivity contribution < 1.29 is 9.66 Å². The summed E-state index contributed by atoms with van der Waals surface area (Å²) in [7, 11) is 0. The van der Waals surface area contributed by atoms with Crippen molar-refractivity contribution in [2.75, 3.05) is 0 Å². The molecule has 0 amide bonds. The van der Waals surface area contributed by atoms with Crippen molar-refractivity contribution >= 4 is 21.6 Å². The molecule has 0 N–H and O–H groups in total. The van der Waals surface area contributed by atoms with Gasteiger partial charge in [-0.1, -0.05) is 0 Å². The third-order valence-electron chi connectivity index (χ3n) is 2.08. The van der Waals surface area contributed by atoms with Gasteiger partial charge in [0, 0.05) is 18.5 Å². The zero-order chi connectivity index (χ0) is 13.8. The largest absolute Gasteiger partial charge is 0.417 e. The topological polar surface area (TPSA) is 102 Å². The van der Waals surface area contributed by atoms with Gasteiger partial charge in [-0.05, 0) is 28.1 Å². The molecule has 0 aliphatic carbocycles. The molecule has 94 valence electrons. The number of hydrogen-bond donors (Lipinski definition) is 0.